The molecule has 2 fully saturated rings. The Labute approximate surface area is 97.5 Å². The second kappa shape index (κ2) is 3.89. The van der Waals surface area contributed by atoms with Crippen molar-refractivity contribution >= 4 is 0 Å². The minimum atomic E-state index is -0.257. The maximum Gasteiger partial charge on any atom is 0.0711 e. The molecule has 0 aliphatic heterocycles. The molecule has 1 aromatic carbocycles. The van der Waals surface area contributed by atoms with Gasteiger partial charge in [0.2, 0.25) is 0 Å². The van der Waals surface area contributed by atoms with Crippen LogP contribution in [0, 0.1) is 11.8 Å². The zero-order chi connectivity index (χ0) is 11.0. The number of hydrogen-bond donors (Lipinski definition) is 1. The number of benzene rings is 1. The van der Waals surface area contributed by atoms with Gasteiger partial charge in [0.25, 0.3) is 0 Å². The second-order valence-electron chi connectivity index (χ2n) is 5.47. The Morgan fingerprint density at radius 2 is 1.81 bits per heavy atom. The SMILES string of the molecule is OC1(CCCc2ccccc2)C2CCCC21. The smallest absolute Gasteiger partial charge is 0.0711 e. The van der Waals surface area contributed by atoms with E-state index in [1.54, 1.807) is 0 Å². The van der Waals surface area contributed by atoms with Crippen molar-refractivity contribution < 1.29 is 5.11 Å². The second-order valence-corrected chi connectivity index (χ2v) is 5.47. The van der Waals surface area contributed by atoms with Gasteiger partial charge in [0.05, 0.1) is 5.60 Å². The molecule has 3 rings (SSSR count). The van der Waals surface area contributed by atoms with Crippen molar-refractivity contribution in [3.63, 3.8) is 0 Å². The molecule has 0 bridgehead atoms. The molecule has 16 heavy (non-hydrogen) atoms. The van der Waals surface area contributed by atoms with Crippen molar-refractivity contribution in [2.75, 3.05) is 0 Å². The van der Waals surface area contributed by atoms with Gasteiger partial charge >= 0.3 is 0 Å². The normalized spacial score (nSPS) is 36.1. The van der Waals surface area contributed by atoms with Crippen LogP contribution in [0.2, 0.25) is 0 Å². The van der Waals surface area contributed by atoms with Gasteiger partial charge in [0.1, 0.15) is 0 Å². The van der Waals surface area contributed by atoms with Crippen molar-refractivity contribution in [3.05, 3.63) is 35.9 Å². The molecule has 1 N–H and O–H groups in total. The molecule has 2 aliphatic rings. The van der Waals surface area contributed by atoms with E-state index in [1.165, 1.54) is 24.8 Å². The van der Waals surface area contributed by atoms with Gasteiger partial charge in [-0.15, -0.1) is 0 Å². The van der Waals surface area contributed by atoms with Crippen molar-refractivity contribution in [1.82, 2.24) is 0 Å². The molecule has 1 heteroatoms. The van der Waals surface area contributed by atoms with E-state index in [1.807, 2.05) is 0 Å². The molecule has 2 atom stereocenters. The van der Waals surface area contributed by atoms with Gasteiger partial charge in [-0.05, 0) is 49.5 Å². The molecular weight excluding hydrogens is 196 g/mol. The predicted octanol–water partition coefficient (Wildman–Crippen LogP) is 3.17. The maximum absolute atomic E-state index is 10.4. The van der Waals surface area contributed by atoms with E-state index in [9.17, 15) is 5.11 Å². The zero-order valence-electron chi connectivity index (χ0n) is 9.73. The number of fused-ring (bicyclic) bond motifs is 1. The van der Waals surface area contributed by atoms with Crippen LogP contribution in [-0.4, -0.2) is 10.7 Å². The van der Waals surface area contributed by atoms with E-state index in [4.69, 9.17) is 0 Å². The molecule has 0 radical (unpaired) electrons. The van der Waals surface area contributed by atoms with Crippen LogP contribution in [0.1, 0.15) is 37.7 Å². The Hall–Kier alpha value is -0.820. The molecule has 0 heterocycles. The Morgan fingerprint density at radius 1 is 1.12 bits per heavy atom. The quantitative estimate of drug-likeness (QED) is 0.819. The summed E-state index contributed by atoms with van der Waals surface area (Å²) < 4.78 is 0. The molecule has 86 valence electrons. The highest BCUT2D eigenvalue weighted by atomic mass is 16.3. The molecule has 1 aromatic rings. The van der Waals surface area contributed by atoms with E-state index in [-0.39, 0.29) is 5.60 Å². The fraction of sp³-hybridized carbons (Fsp3) is 0.600. The molecule has 2 saturated carbocycles. The topological polar surface area (TPSA) is 20.2 Å². The third kappa shape index (κ3) is 1.67. The minimum Gasteiger partial charge on any atom is -0.389 e. The first-order chi connectivity index (χ1) is 7.81. The molecule has 0 aromatic heterocycles. The molecule has 0 amide bonds. The molecule has 0 spiro atoms. The highest BCUT2D eigenvalue weighted by Crippen LogP contribution is 2.62. The summed E-state index contributed by atoms with van der Waals surface area (Å²) in [6.07, 6.45) is 7.14. The van der Waals surface area contributed by atoms with Crippen molar-refractivity contribution in [1.29, 1.82) is 0 Å². The van der Waals surface area contributed by atoms with Gasteiger partial charge in [-0.2, -0.15) is 0 Å². The summed E-state index contributed by atoms with van der Waals surface area (Å²) in [4.78, 5) is 0. The Bertz CT molecular complexity index is 347. The van der Waals surface area contributed by atoms with Crippen LogP contribution in [0.15, 0.2) is 30.3 Å². The van der Waals surface area contributed by atoms with Crippen LogP contribution in [0.4, 0.5) is 0 Å². The van der Waals surface area contributed by atoms with Gasteiger partial charge in [-0.3, -0.25) is 0 Å². The Balaban J connectivity index is 1.48. The first kappa shape index (κ1) is 10.3. The molecule has 2 aliphatic carbocycles. The van der Waals surface area contributed by atoms with Crippen molar-refractivity contribution in [3.8, 4) is 0 Å². The monoisotopic (exact) mass is 216 g/mol. The highest BCUT2D eigenvalue weighted by Gasteiger charge is 2.64. The lowest BCUT2D eigenvalue weighted by Gasteiger charge is -2.13. The minimum absolute atomic E-state index is 0.257. The van der Waals surface area contributed by atoms with Crippen LogP contribution in [0.25, 0.3) is 0 Å². The van der Waals surface area contributed by atoms with Gasteiger partial charge in [0, 0.05) is 0 Å². The Kier molecular flexibility index (Phi) is 2.51. The van der Waals surface area contributed by atoms with Gasteiger partial charge in [-0.1, -0.05) is 36.8 Å². The van der Waals surface area contributed by atoms with Gasteiger partial charge < -0.3 is 5.11 Å². The van der Waals surface area contributed by atoms with E-state index in [0.29, 0.717) is 11.8 Å². The summed E-state index contributed by atoms with van der Waals surface area (Å²) in [6.45, 7) is 0. The van der Waals surface area contributed by atoms with Crippen molar-refractivity contribution in [2.45, 2.75) is 44.1 Å². The molecule has 2 unspecified atom stereocenters. The predicted molar refractivity (Wildman–Crippen MR) is 65.2 cm³/mol. The summed E-state index contributed by atoms with van der Waals surface area (Å²) in [5.74, 6) is 1.31. The number of rotatable bonds is 4. The first-order valence-corrected chi connectivity index (χ1v) is 6.57. The number of aryl methyl sites for hydroxylation is 1. The van der Waals surface area contributed by atoms with Crippen molar-refractivity contribution in [2.24, 2.45) is 11.8 Å². The number of hydrogen-bond acceptors (Lipinski definition) is 1. The van der Waals surface area contributed by atoms with Crippen LogP contribution < -0.4 is 0 Å². The molecular formula is C15H20O. The first-order valence-electron chi connectivity index (χ1n) is 6.57. The van der Waals surface area contributed by atoms with E-state index in [0.717, 1.165) is 19.3 Å². The van der Waals surface area contributed by atoms with E-state index >= 15 is 0 Å². The lowest BCUT2D eigenvalue weighted by Crippen LogP contribution is -2.15. The summed E-state index contributed by atoms with van der Waals surface area (Å²) >= 11 is 0. The van der Waals surface area contributed by atoms with Gasteiger partial charge in [0.15, 0.2) is 0 Å². The molecule has 1 nitrogen and oxygen atoms in total. The fourth-order valence-corrected chi connectivity index (χ4v) is 3.64. The standard InChI is InChI=1S/C15H20O/c16-15(13-9-4-10-14(13)15)11-5-8-12-6-2-1-3-7-12/h1-3,6-7,13-14,16H,4-5,8-11H2. The highest BCUT2D eigenvalue weighted by molar-refractivity contribution is 5.17. The largest absolute Gasteiger partial charge is 0.389 e. The van der Waals surface area contributed by atoms with Crippen LogP contribution in [0.5, 0.6) is 0 Å². The van der Waals surface area contributed by atoms with E-state index < -0.39 is 0 Å². The third-order valence-corrected chi connectivity index (χ3v) is 4.58. The maximum atomic E-state index is 10.4. The summed E-state index contributed by atoms with van der Waals surface area (Å²) in [5.41, 5.74) is 1.14. The lowest BCUT2D eigenvalue weighted by molar-refractivity contribution is 0.0945. The summed E-state index contributed by atoms with van der Waals surface area (Å²) in [6, 6.07) is 10.6. The van der Waals surface area contributed by atoms with Crippen LogP contribution in [-0.2, 0) is 6.42 Å². The average Bonchev–Trinajstić information content (AvgIpc) is 2.71. The number of aliphatic hydroxyl groups is 1. The van der Waals surface area contributed by atoms with Crippen LogP contribution in [0.3, 0.4) is 0 Å². The zero-order valence-corrected chi connectivity index (χ0v) is 9.73. The third-order valence-electron chi connectivity index (χ3n) is 4.58. The Morgan fingerprint density at radius 3 is 2.50 bits per heavy atom. The lowest BCUT2D eigenvalue weighted by atomic mass is 9.99. The fourth-order valence-electron chi connectivity index (χ4n) is 3.64. The summed E-state index contributed by atoms with van der Waals surface area (Å²) in [5, 5.41) is 10.4. The van der Waals surface area contributed by atoms with E-state index in [2.05, 4.69) is 30.3 Å². The molecule has 0 saturated heterocycles. The van der Waals surface area contributed by atoms with Crippen LogP contribution >= 0.6 is 0 Å². The summed E-state index contributed by atoms with van der Waals surface area (Å²) in [7, 11) is 0. The average molecular weight is 216 g/mol. The van der Waals surface area contributed by atoms with Gasteiger partial charge in [-0.25, -0.2) is 0 Å².